The van der Waals surface area contributed by atoms with Crippen LogP contribution in [0.1, 0.15) is 55.4 Å². The molecular weight excluding hydrogens is 264 g/mol. The van der Waals surface area contributed by atoms with Crippen LogP contribution in [0.3, 0.4) is 0 Å². The standard InChI is InChI=1S/C14H26O6/c1-11(2,3)13(7,9(15)19-17)14(8,10(16)20-18)12(4,5)6/h17-18H,1-8H3. The van der Waals surface area contributed by atoms with Crippen LogP contribution in [0.5, 0.6) is 0 Å². The molecule has 2 N–H and O–H groups in total. The number of hydrogen-bond donors (Lipinski definition) is 2. The summed E-state index contributed by atoms with van der Waals surface area (Å²) in [5, 5.41) is 17.7. The van der Waals surface area contributed by atoms with E-state index in [1.165, 1.54) is 13.8 Å². The Morgan fingerprint density at radius 3 is 0.950 bits per heavy atom. The quantitative estimate of drug-likeness (QED) is 0.612. The molecule has 0 aromatic heterocycles. The molecule has 0 radical (unpaired) electrons. The molecule has 0 saturated carbocycles. The van der Waals surface area contributed by atoms with E-state index in [0.717, 1.165) is 0 Å². The van der Waals surface area contributed by atoms with Crippen LogP contribution >= 0.6 is 0 Å². The smallest absolute Gasteiger partial charge is 0.300 e. The summed E-state index contributed by atoms with van der Waals surface area (Å²) >= 11 is 0. The maximum absolute atomic E-state index is 12.2. The average Bonchev–Trinajstić information content (AvgIpc) is 2.31. The maximum Gasteiger partial charge on any atom is 0.349 e. The lowest BCUT2D eigenvalue weighted by Crippen LogP contribution is -2.62. The molecule has 0 aliphatic rings. The van der Waals surface area contributed by atoms with Crippen molar-refractivity contribution in [2.75, 3.05) is 0 Å². The molecule has 6 nitrogen and oxygen atoms in total. The number of carbonyl (C=O) groups is 2. The maximum atomic E-state index is 12.2. The van der Waals surface area contributed by atoms with Crippen LogP contribution in [0.15, 0.2) is 0 Å². The summed E-state index contributed by atoms with van der Waals surface area (Å²) in [5.74, 6) is -1.90. The van der Waals surface area contributed by atoms with Crippen LogP contribution in [-0.2, 0) is 19.4 Å². The fourth-order valence-corrected chi connectivity index (χ4v) is 2.70. The Bertz CT molecular complexity index is 351. The van der Waals surface area contributed by atoms with Crippen molar-refractivity contribution in [1.29, 1.82) is 0 Å². The first-order valence-electron chi connectivity index (χ1n) is 6.43. The predicted molar refractivity (Wildman–Crippen MR) is 72.6 cm³/mol. The van der Waals surface area contributed by atoms with Crippen molar-refractivity contribution in [3.05, 3.63) is 0 Å². The monoisotopic (exact) mass is 290 g/mol. The van der Waals surface area contributed by atoms with E-state index in [1.54, 1.807) is 41.5 Å². The first-order chi connectivity index (χ1) is 8.71. The highest BCUT2D eigenvalue weighted by Crippen LogP contribution is 2.60. The third kappa shape index (κ3) is 2.42. The van der Waals surface area contributed by atoms with E-state index in [2.05, 4.69) is 9.78 Å². The fraction of sp³-hybridized carbons (Fsp3) is 0.857. The predicted octanol–water partition coefficient (Wildman–Crippen LogP) is 3.12. The van der Waals surface area contributed by atoms with Gasteiger partial charge >= 0.3 is 11.9 Å². The lowest BCUT2D eigenvalue weighted by molar-refractivity contribution is -0.281. The molecule has 0 spiro atoms. The van der Waals surface area contributed by atoms with E-state index >= 15 is 0 Å². The number of rotatable bonds is 3. The molecule has 2 atom stereocenters. The van der Waals surface area contributed by atoms with Gasteiger partial charge in [0.1, 0.15) is 0 Å². The first-order valence-corrected chi connectivity index (χ1v) is 6.43. The molecule has 0 aromatic carbocycles. The normalized spacial score (nSPS) is 18.7. The van der Waals surface area contributed by atoms with Gasteiger partial charge in [-0.15, -0.1) is 0 Å². The van der Waals surface area contributed by atoms with Crippen LogP contribution in [-0.4, -0.2) is 22.5 Å². The SMILES string of the molecule is CC(C)(C)C(C)(C(=O)OO)C(C)(C(=O)OO)C(C)(C)C. The Morgan fingerprint density at radius 1 is 0.650 bits per heavy atom. The number of carbonyl (C=O) groups excluding carboxylic acids is 2. The molecule has 6 heteroatoms. The van der Waals surface area contributed by atoms with Gasteiger partial charge in [-0.2, -0.15) is 10.5 Å². The molecule has 118 valence electrons. The van der Waals surface area contributed by atoms with Crippen molar-refractivity contribution in [2.24, 2.45) is 21.7 Å². The summed E-state index contributed by atoms with van der Waals surface area (Å²) in [6, 6.07) is 0. The minimum atomic E-state index is -1.44. The van der Waals surface area contributed by atoms with Crippen molar-refractivity contribution in [3.8, 4) is 0 Å². The Labute approximate surface area is 119 Å². The van der Waals surface area contributed by atoms with Crippen molar-refractivity contribution in [1.82, 2.24) is 0 Å². The second kappa shape index (κ2) is 5.33. The Kier molecular flexibility index (Phi) is 5.03. The molecule has 20 heavy (non-hydrogen) atoms. The molecule has 0 bridgehead atoms. The summed E-state index contributed by atoms with van der Waals surface area (Å²) in [5.41, 5.74) is -4.37. The van der Waals surface area contributed by atoms with Crippen molar-refractivity contribution < 1.29 is 29.9 Å². The molecule has 2 unspecified atom stereocenters. The van der Waals surface area contributed by atoms with E-state index in [9.17, 15) is 9.59 Å². The van der Waals surface area contributed by atoms with E-state index in [-0.39, 0.29) is 0 Å². The molecule has 0 amide bonds. The van der Waals surface area contributed by atoms with Gasteiger partial charge in [0.15, 0.2) is 0 Å². The molecule has 0 aliphatic heterocycles. The second-order valence-corrected chi connectivity index (χ2v) is 7.51. The van der Waals surface area contributed by atoms with Gasteiger partial charge < -0.3 is 9.78 Å². The highest BCUT2D eigenvalue weighted by atomic mass is 17.1. The lowest BCUT2D eigenvalue weighted by Gasteiger charge is -2.54. The minimum Gasteiger partial charge on any atom is -0.300 e. The molecular formula is C14H26O6. The molecule has 0 rings (SSSR count). The summed E-state index contributed by atoms with van der Waals surface area (Å²) in [6.45, 7) is 13.5. The molecule has 0 saturated heterocycles. The van der Waals surface area contributed by atoms with Crippen LogP contribution in [0.2, 0.25) is 0 Å². The van der Waals surface area contributed by atoms with Gasteiger partial charge in [-0.1, -0.05) is 41.5 Å². The van der Waals surface area contributed by atoms with Gasteiger partial charge in [0, 0.05) is 0 Å². The van der Waals surface area contributed by atoms with Crippen molar-refractivity contribution in [2.45, 2.75) is 55.4 Å². The van der Waals surface area contributed by atoms with E-state index < -0.39 is 33.6 Å². The van der Waals surface area contributed by atoms with Crippen molar-refractivity contribution in [3.63, 3.8) is 0 Å². The molecule has 0 fully saturated rings. The minimum absolute atomic E-state index is 0.747. The Morgan fingerprint density at radius 2 is 0.850 bits per heavy atom. The van der Waals surface area contributed by atoms with E-state index in [0.29, 0.717) is 0 Å². The Hall–Kier alpha value is -1.14. The largest absolute Gasteiger partial charge is 0.349 e. The van der Waals surface area contributed by atoms with Gasteiger partial charge in [0.2, 0.25) is 0 Å². The molecule has 0 heterocycles. The number of hydrogen-bond acceptors (Lipinski definition) is 6. The zero-order valence-corrected chi connectivity index (χ0v) is 13.5. The van der Waals surface area contributed by atoms with Gasteiger partial charge in [-0.25, -0.2) is 9.59 Å². The molecule has 0 aromatic rings. The van der Waals surface area contributed by atoms with Gasteiger partial charge in [-0.3, -0.25) is 0 Å². The highest BCUT2D eigenvalue weighted by molar-refractivity contribution is 5.88. The highest BCUT2D eigenvalue weighted by Gasteiger charge is 2.67. The summed E-state index contributed by atoms with van der Waals surface area (Å²) < 4.78 is 0. The van der Waals surface area contributed by atoms with Gasteiger partial charge in [-0.05, 0) is 24.7 Å². The zero-order chi connectivity index (χ0) is 16.6. The topological polar surface area (TPSA) is 93.1 Å². The summed E-state index contributed by atoms with van der Waals surface area (Å²) in [4.78, 5) is 32.4. The fourth-order valence-electron chi connectivity index (χ4n) is 2.70. The Balaban J connectivity index is 6.51. The second-order valence-electron chi connectivity index (χ2n) is 7.51. The van der Waals surface area contributed by atoms with Crippen LogP contribution < -0.4 is 0 Å². The van der Waals surface area contributed by atoms with E-state index in [4.69, 9.17) is 10.5 Å². The van der Waals surface area contributed by atoms with Gasteiger partial charge in [0.25, 0.3) is 0 Å². The first kappa shape index (κ1) is 18.9. The van der Waals surface area contributed by atoms with Gasteiger partial charge in [0.05, 0.1) is 10.8 Å². The third-order valence-corrected chi connectivity index (χ3v) is 4.98. The average molecular weight is 290 g/mol. The lowest BCUT2D eigenvalue weighted by atomic mass is 9.46. The van der Waals surface area contributed by atoms with E-state index in [1.807, 2.05) is 0 Å². The van der Waals surface area contributed by atoms with Crippen LogP contribution in [0.4, 0.5) is 0 Å². The zero-order valence-electron chi connectivity index (χ0n) is 13.5. The van der Waals surface area contributed by atoms with Crippen molar-refractivity contribution >= 4 is 11.9 Å². The third-order valence-electron chi connectivity index (χ3n) is 4.98. The van der Waals surface area contributed by atoms with Crippen LogP contribution in [0, 0.1) is 21.7 Å². The summed E-state index contributed by atoms with van der Waals surface area (Å²) in [6.07, 6.45) is 0. The van der Waals surface area contributed by atoms with Crippen LogP contribution in [0.25, 0.3) is 0 Å². The summed E-state index contributed by atoms with van der Waals surface area (Å²) in [7, 11) is 0. The molecule has 0 aliphatic carbocycles.